The molecular formula is C10H16N2OS. The van der Waals surface area contributed by atoms with Gasteiger partial charge in [-0.1, -0.05) is 13.8 Å². The van der Waals surface area contributed by atoms with Crippen LogP contribution in [0.5, 0.6) is 0 Å². The lowest BCUT2D eigenvalue weighted by Crippen LogP contribution is -2.36. The molecule has 3 nitrogen and oxygen atoms in total. The first-order valence-corrected chi connectivity index (χ1v) is 5.82. The highest BCUT2D eigenvalue weighted by atomic mass is 32.1. The summed E-state index contributed by atoms with van der Waals surface area (Å²) < 4.78 is 5.33. The van der Waals surface area contributed by atoms with Crippen molar-refractivity contribution >= 4 is 11.3 Å². The van der Waals surface area contributed by atoms with Crippen molar-refractivity contribution in [2.45, 2.75) is 31.7 Å². The van der Waals surface area contributed by atoms with Gasteiger partial charge in [-0.3, -0.25) is 0 Å². The molecular weight excluding hydrogens is 196 g/mol. The molecule has 1 aliphatic rings. The monoisotopic (exact) mass is 212 g/mol. The molecule has 0 aromatic carbocycles. The first-order chi connectivity index (χ1) is 6.62. The Bertz CT molecular complexity index is 316. The van der Waals surface area contributed by atoms with Crippen LogP contribution in [0.2, 0.25) is 0 Å². The van der Waals surface area contributed by atoms with Crippen LogP contribution in [-0.4, -0.2) is 18.2 Å². The average molecular weight is 212 g/mol. The second-order valence-electron chi connectivity index (χ2n) is 4.19. The molecule has 0 amide bonds. The third-order valence-electron chi connectivity index (χ3n) is 2.59. The second kappa shape index (κ2) is 3.61. The number of nitrogens with two attached hydrogens (primary N) is 1. The Balaban J connectivity index is 2.23. The molecule has 14 heavy (non-hydrogen) atoms. The van der Waals surface area contributed by atoms with E-state index in [4.69, 9.17) is 10.5 Å². The predicted molar refractivity (Wildman–Crippen MR) is 57.5 cm³/mol. The van der Waals surface area contributed by atoms with Crippen molar-refractivity contribution in [2.24, 2.45) is 5.73 Å². The number of hydrogen-bond acceptors (Lipinski definition) is 4. The van der Waals surface area contributed by atoms with Crippen molar-refractivity contribution in [3.05, 3.63) is 16.1 Å². The molecule has 2 heterocycles. The van der Waals surface area contributed by atoms with Gasteiger partial charge in [0, 0.05) is 12.0 Å². The van der Waals surface area contributed by atoms with Crippen LogP contribution in [0.4, 0.5) is 0 Å². The molecule has 0 spiro atoms. The Morgan fingerprint density at radius 3 is 2.93 bits per heavy atom. The highest BCUT2D eigenvalue weighted by Gasteiger charge is 2.35. The molecule has 1 aromatic rings. The van der Waals surface area contributed by atoms with E-state index < -0.39 is 0 Å². The van der Waals surface area contributed by atoms with E-state index in [0.29, 0.717) is 12.5 Å². The maximum atomic E-state index is 6.22. The summed E-state index contributed by atoms with van der Waals surface area (Å²) in [5.74, 6) is 0.478. The lowest BCUT2D eigenvalue weighted by molar-refractivity contribution is 0.178. The summed E-state index contributed by atoms with van der Waals surface area (Å²) in [6.07, 6.45) is 0.887. The summed E-state index contributed by atoms with van der Waals surface area (Å²) >= 11 is 1.66. The van der Waals surface area contributed by atoms with Gasteiger partial charge in [-0.05, 0) is 12.3 Å². The highest BCUT2D eigenvalue weighted by molar-refractivity contribution is 7.09. The van der Waals surface area contributed by atoms with Gasteiger partial charge in [0.15, 0.2) is 0 Å². The zero-order chi connectivity index (χ0) is 10.2. The normalized spacial score (nSPS) is 27.4. The van der Waals surface area contributed by atoms with E-state index in [1.165, 1.54) is 0 Å². The Kier molecular flexibility index (Phi) is 2.60. The van der Waals surface area contributed by atoms with Gasteiger partial charge in [0.1, 0.15) is 5.01 Å². The summed E-state index contributed by atoms with van der Waals surface area (Å²) in [5.41, 5.74) is 7.04. The quantitative estimate of drug-likeness (QED) is 0.813. The minimum absolute atomic E-state index is 0.322. The number of nitrogens with zero attached hydrogens (tertiary/aromatic N) is 1. The first-order valence-electron chi connectivity index (χ1n) is 4.94. The van der Waals surface area contributed by atoms with Crippen molar-refractivity contribution < 1.29 is 4.74 Å². The number of aromatic nitrogens is 1. The van der Waals surface area contributed by atoms with E-state index >= 15 is 0 Å². The standard InChI is InChI=1S/C10H16N2OS/c1-7(2)8-5-14-9(12-8)10(11)3-4-13-6-10/h5,7H,3-4,6,11H2,1-2H3. The van der Waals surface area contributed by atoms with Gasteiger partial charge >= 0.3 is 0 Å². The topological polar surface area (TPSA) is 48.1 Å². The van der Waals surface area contributed by atoms with Gasteiger partial charge in [0.05, 0.1) is 17.8 Å². The van der Waals surface area contributed by atoms with Crippen LogP contribution in [0.1, 0.15) is 36.9 Å². The maximum Gasteiger partial charge on any atom is 0.115 e. The zero-order valence-corrected chi connectivity index (χ0v) is 9.43. The van der Waals surface area contributed by atoms with E-state index in [2.05, 4.69) is 24.2 Å². The molecule has 0 aliphatic carbocycles. The lowest BCUT2D eigenvalue weighted by Gasteiger charge is -2.17. The molecule has 0 radical (unpaired) electrons. The minimum atomic E-state index is -0.322. The SMILES string of the molecule is CC(C)c1csc(C2(N)CCOC2)n1. The molecule has 1 unspecified atom stereocenters. The van der Waals surface area contributed by atoms with E-state index in [9.17, 15) is 0 Å². The molecule has 2 rings (SSSR count). The van der Waals surface area contributed by atoms with Crippen LogP contribution in [0.3, 0.4) is 0 Å². The molecule has 2 N–H and O–H groups in total. The van der Waals surface area contributed by atoms with Crippen molar-refractivity contribution in [2.75, 3.05) is 13.2 Å². The van der Waals surface area contributed by atoms with E-state index in [1.807, 2.05) is 0 Å². The average Bonchev–Trinajstić information content (AvgIpc) is 2.71. The predicted octanol–water partition coefficient (Wildman–Crippen LogP) is 1.84. The largest absolute Gasteiger partial charge is 0.379 e. The van der Waals surface area contributed by atoms with Gasteiger partial charge in [-0.25, -0.2) is 4.98 Å². The molecule has 4 heteroatoms. The summed E-state index contributed by atoms with van der Waals surface area (Å²) in [5, 5.41) is 3.13. The van der Waals surface area contributed by atoms with Crippen LogP contribution >= 0.6 is 11.3 Å². The maximum absolute atomic E-state index is 6.22. The van der Waals surface area contributed by atoms with Gasteiger partial charge in [0.25, 0.3) is 0 Å². The fourth-order valence-corrected chi connectivity index (χ4v) is 2.64. The third-order valence-corrected chi connectivity index (χ3v) is 3.67. The number of hydrogen-bond donors (Lipinski definition) is 1. The van der Waals surface area contributed by atoms with Gasteiger partial charge in [-0.15, -0.1) is 11.3 Å². The van der Waals surface area contributed by atoms with Crippen molar-refractivity contribution in [1.29, 1.82) is 0 Å². The molecule has 1 aliphatic heterocycles. The van der Waals surface area contributed by atoms with Crippen LogP contribution in [0.25, 0.3) is 0 Å². The van der Waals surface area contributed by atoms with Crippen molar-refractivity contribution in [3.8, 4) is 0 Å². The summed E-state index contributed by atoms with van der Waals surface area (Å²) in [7, 11) is 0. The summed E-state index contributed by atoms with van der Waals surface area (Å²) in [6.45, 7) is 5.66. The Morgan fingerprint density at radius 1 is 1.64 bits per heavy atom. The van der Waals surface area contributed by atoms with E-state index in [1.54, 1.807) is 11.3 Å². The summed E-state index contributed by atoms with van der Waals surface area (Å²) in [6, 6.07) is 0. The molecule has 0 bridgehead atoms. The van der Waals surface area contributed by atoms with Gasteiger partial charge < -0.3 is 10.5 Å². The fourth-order valence-electron chi connectivity index (χ4n) is 1.53. The zero-order valence-electron chi connectivity index (χ0n) is 8.62. The molecule has 1 saturated heterocycles. The molecule has 0 saturated carbocycles. The van der Waals surface area contributed by atoms with Crippen LogP contribution in [0.15, 0.2) is 5.38 Å². The third kappa shape index (κ3) is 1.69. The van der Waals surface area contributed by atoms with Crippen molar-refractivity contribution in [1.82, 2.24) is 4.98 Å². The summed E-state index contributed by atoms with van der Waals surface area (Å²) in [4.78, 5) is 4.58. The highest BCUT2D eigenvalue weighted by Crippen LogP contribution is 2.31. The Labute approximate surface area is 88.3 Å². The lowest BCUT2D eigenvalue weighted by atomic mass is 10.0. The smallest absolute Gasteiger partial charge is 0.115 e. The van der Waals surface area contributed by atoms with Gasteiger partial charge in [-0.2, -0.15) is 0 Å². The number of rotatable bonds is 2. The minimum Gasteiger partial charge on any atom is -0.379 e. The second-order valence-corrected chi connectivity index (χ2v) is 5.05. The van der Waals surface area contributed by atoms with E-state index in [0.717, 1.165) is 23.7 Å². The number of thiazole rings is 1. The number of ether oxygens (including phenoxy) is 1. The van der Waals surface area contributed by atoms with Gasteiger partial charge in [0.2, 0.25) is 0 Å². The van der Waals surface area contributed by atoms with Crippen LogP contribution in [0, 0.1) is 0 Å². The Morgan fingerprint density at radius 2 is 2.43 bits per heavy atom. The molecule has 1 fully saturated rings. The first kappa shape index (κ1) is 10.1. The van der Waals surface area contributed by atoms with Crippen LogP contribution in [-0.2, 0) is 10.3 Å². The van der Waals surface area contributed by atoms with E-state index in [-0.39, 0.29) is 5.54 Å². The fraction of sp³-hybridized carbons (Fsp3) is 0.700. The van der Waals surface area contributed by atoms with Crippen LogP contribution < -0.4 is 5.73 Å². The van der Waals surface area contributed by atoms with Crippen molar-refractivity contribution in [3.63, 3.8) is 0 Å². The molecule has 78 valence electrons. The molecule has 1 atom stereocenters. The molecule has 1 aromatic heterocycles. The Hall–Kier alpha value is -0.450.